The van der Waals surface area contributed by atoms with E-state index in [1.54, 1.807) is 18.3 Å². The summed E-state index contributed by atoms with van der Waals surface area (Å²) in [5, 5.41) is 18.7. The number of aromatic nitrogens is 4. The van der Waals surface area contributed by atoms with Crippen molar-refractivity contribution in [2.75, 3.05) is 49.3 Å². The van der Waals surface area contributed by atoms with Crippen LogP contribution in [0.25, 0.3) is 11.3 Å². The van der Waals surface area contributed by atoms with Crippen LogP contribution >= 0.6 is 0 Å². The number of phenolic OH excluding ortho intramolecular Hbond substituents is 1. The Bertz CT molecular complexity index is 1240. The fourth-order valence-corrected chi connectivity index (χ4v) is 4.77. The molecule has 0 amide bonds. The molecule has 2 bridgehead atoms. The number of rotatable bonds is 4. The average Bonchev–Trinajstić information content (AvgIpc) is 3.09. The molecule has 0 radical (unpaired) electrons. The molecule has 2 aliphatic rings. The molecule has 0 spiro atoms. The fourth-order valence-electron chi connectivity index (χ4n) is 4.77. The second-order valence-electron chi connectivity index (χ2n) is 8.99. The van der Waals surface area contributed by atoms with Crippen molar-refractivity contribution in [3.63, 3.8) is 0 Å². The molecule has 34 heavy (non-hydrogen) atoms. The van der Waals surface area contributed by atoms with E-state index in [4.69, 9.17) is 10.7 Å². The second-order valence-corrected chi connectivity index (χ2v) is 8.99. The minimum atomic E-state index is 0.172. The highest BCUT2D eigenvalue weighted by molar-refractivity contribution is 5.74. The lowest BCUT2D eigenvalue weighted by molar-refractivity contribution is 0.464. The van der Waals surface area contributed by atoms with Crippen LogP contribution in [-0.4, -0.2) is 76.0 Å². The number of piperazine rings is 1. The quantitative estimate of drug-likeness (QED) is 0.570. The summed E-state index contributed by atoms with van der Waals surface area (Å²) >= 11 is 0. The molecule has 2 aliphatic heterocycles. The van der Waals surface area contributed by atoms with E-state index in [9.17, 15) is 5.11 Å². The molecule has 2 fully saturated rings. The number of hydrogen-bond donors (Lipinski definition) is 2. The van der Waals surface area contributed by atoms with Gasteiger partial charge < -0.3 is 20.6 Å². The molecule has 9 nitrogen and oxygen atoms in total. The first-order valence-corrected chi connectivity index (χ1v) is 11.4. The van der Waals surface area contributed by atoms with Gasteiger partial charge in [0.25, 0.3) is 0 Å². The predicted molar refractivity (Wildman–Crippen MR) is 133 cm³/mol. The van der Waals surface area contributed by atoms with Crippen molar-refractivity contribution in [3.8, 4) is 28.8 Å². The number of nitrogens with two attached hydrogens (primary N) is 1. The van der Waals surface area contributed by atoms with Crippen molar-refractivity contribution in [1.82, 2.24) is 25.1 Å². The monoisotopic (exact) mass is 456 g/mol. The van der Waals surface area contributed by atoms with Crippen LogP contribution < -0.4 is 15.5 Å². The first-order chi connectivity index (χ1) is 16.5. The molecule has 3 aromatic rings. The Morgan fingerprint density at radius 2 is 1.88 bits per heavy atom. The van der Waals surface area contributed by atoms with Gasteiger partial charge in [0.05, 0.1) is 17.9 Å². The lowest BCUT2D eigenvalue weighted by Gasteiger charge is -2.42. The van der Waals surface area contributed by atoms with E-state index in [1.165, 1.54) is 0 Å². The van der Waals surface area contributed by atoms with E-state index in [1.807, 2.05) is 43.3 Å². The smallest absolute Gasteiger partial charge is 0.206 e. The summed E-state index contributed by atoms with van der Waals surface area (Å²) in [5.74, 6) is 8.22. The third-order valence-electron chi connectivity index (χ3n) is 6.31. The minimum absolute atomic E-state index is 0.172. The Labute approximate surface area is 199 Å². The Hall–Kier alpha value is -3.90. The zero-order valence-corrected chi connectivity index (χ0v) is 19.4. The van der Waals surface area contributed by atoms with Crippen LogP contribution in [0.3, 0.4) is 0 Å². The highest BCUT2D eigenvalue weighted by atomic mass is 16.3. The van der Waals surface area contributed by atoms with Gasteiger partial charge in [-0.15, -0.1) is 10.2 Å². The van der Waals surface area contributed by atoms with Gasteiger partial charge in [-0.05, 0) is 57.1 Å². The summed E-state index contributed by atoms with van der Waals surface area (Å²) in [7, 11) is 3.97. The normalized spacial score (nSPS) is 19.3. The molecule has 4 heterocycles. The summed E-state index contributed by atoms with van der Waals surface area (Å²) in [6.45, 7) is 2.28. The highest BCUT2D eigenvalue weighted by Gasteiger charge is 2.41. The van der Waals surface area contributed by atoms with E-state index in [2.05, 4.69) is 36.8 Å². The van der Waals surface area contributed by atoms with Crippen LogP contribution in [0.4, 0.5) is 17.3 Å². The molecular weight excluding hydrogens is 428 g/mol. The van der Waals surface area contributed by atoms with Crippen LogP contribution in [-0.2, 0) is 0 Å². The number of para-hydroxylation sites is 1. The summed E-state index contributed by atoms with van der Waals surface area (Å²) in [6, 6.07) is 11.6. The summed E-state index contributed by atoms with van der Waals surface area (Å²) in [5.41, 5.74) is 8.35. The molecule has 1 aromatic carbocycles. The van der Waals surface area contributed by atoms with Crippen LogP contribution in [0.2, 0.25) is 0 Å². The Morgan fingerprint density at radius 1 is 1.12 bits per heavy atom. The molecule has 2 atom stereocenters. The molecule has 9 heteroatoms. The van der Waals surface area contributed by atoms with Gasteiger partial charge in [-0.2, -0.15) is 0 Å². The molecular formula is C25H28N8O. The van der Waals surface area contributed by atoms with Gasteiger partial charge in [-0.25, -0.2) is 9.97 Å². The SMILES string of the molecule is CN(C)CC#Cc1nccc(N2C3CCC2CN(c2cc(-c4ccccc4O)nnc2N)C3)n1. The summed E-state index contributed by atoms with van der Waals surface area (Å²) in [4.78, 5) is 15.8. The number of nitrogen functional groups attached to an aromatic ring is 1. The predicted octanol–water partition coefficient (Wildman–Crippen LogP) is 1.99. The van der Waals surface area contributed by atoms with Crippen molar-refractivity contribution in [3.05, 3.63) is 48.4 Å². The van der Waals surface area contributed by atoms with Crippen LogP contribution in [0.15, 0.2) is 42.6 Å². The Morgan fingerprint density at radius 3 is 2.62 bits per heavy atom. The van der Waals surface area contributed by atoms with Crippen molar-refractivity contribution in [1.29, 1.82) is 0 Å². The number of nitrogens with zero attached hydrogens (tertiary/aromatic N) is 7. The van der Waals surface area contributed by atoms with Crippen molar-refractivity contribution < 1.29 is 5.11 Å². The third-order valence-corrected chi connectivity index (χ3v) is 6.31. The van der Waals surface area contributed by atoms with E-state index < -0.39 is 0 Å². The number of hydrogen-bond acceptors (Lipinski definition) is 9. The van der Waals surface area contributed by atoms with Crippen LogP contribution in [0, 0.1) is 11.8 Å². The first kappa shape index (κ1) is 21.9. The Kier molecular flexibility index (Phi) is 5.90. The van der Waals surface area contributed by atoms with E-state index in [0.717, 1.165) is 37.4 Å². The van der Waals surface area contributed by atoms with Crippen molar-refractivity contribution >= 4 is 17.3 Å². The van der Waals surface area contributed by atoms with Gasteiger partial charge in [0.15, 0.2) is 5.82 Å². The molecule has 2 unspecified atom stereocenters. The number of benzene rings is 1. The summed E-state index contributed by atoms with van der Waals surface area (Å²) in [6.07, 6.45) is 3.95. The van der Waals surface area contributed by atoms with E-state index in [0.29, 0.717) is 41.5 Å². The van der Waals surface area contributed by atoms with Gasteiger partial charge >= 0.3 is 0 Å². The van der Waals surface area contributed by atoms with Crippen molar-refractivity contribution in [2.45, 2.75) is 24.9 Å². The Balaban J connectivity index is 1.38. The van der Waals surface area contributed by atoms with E-state index in [-0.39, 0.29) is 5.75 Å². The van der Waals surface area contributed by atoms with E-state index >= 15 is 0 Å². The minimum Gasteiger partial charge on any atom is -0.507 e. The molecule has 0 saturated carbocycles. The zero-order chi connectivity index (χ0) is 23.7. The van der Waals surface area contributed by atoms with Gasteiger partial charge in [-0.3, -0.25) is 4.90 Å². The second kappa shape index (κ2) is 9.15. The zero-order valence-electron chi connectivity index (χ0n) is 19.4. The van der Waals surface area contributed by atoms with Gasteiger partial charge in [0.1, 0.15) is 11.6 Å². The molecule has 174 valence electrons. The maximum Gasteiger partial charge on any atom is 0.206 e. The van der Waals surface area contributed by atoms with Crippen molar-refractivity contribution in [2.24, 2.45) is 0 Å². The number of phenols is 1. The lowest BCUT2D eigenvalue weighted by atomic mass is 10.1. The molecule has 0 aliphatic carbocycles. The van der Waals surface area contributed by atoms with Gasteiger partial charge in [-0.1, -0.05) is 18.1 Å². The summed E-state index contributed by atoms with van der Waals surface area (Å²) < 4.78 is 0. The topological polar surface area (TPSA) is 108 Å². The number of anilines is 3. The highest BCUT2D eigenvalue weighted by Crippen LogP contribution is 2.38. The van der Waals surface area contributed by atoms with Gasteiger partial charge in [0, 0.05) is 36.9 Å². The van der Waals surface area contributed by atoms with Crippen LogP contribution in [0.1, 0.15) is 18.7 Å². The lowest BCUT2D eigenvalue weighted by Crippen LogP contribution is -2.54. The number of fused-ring (bicyclic) bond motifs is 2. The maximum absolute atomic E-state index is 10.2. The molecule has 2 saturated heterocycles. The largest absolute Gasteiger partial charge is 0.507 e. The molecule has 3 N–H and O–H groups in total. The fraction of sp³-hybridized carbons (Fsp3) is 0.360. The molecule has 2 aromatic heterocycles. The average molecular weight is 457 g/mol. The van der Waals surface area contributed by atoms with Crippen LogP contribution in [0.5, 0.6) is 5.75 Å². The van der Waals surface area contributed by atoms with Gasteiger partial charge in [0.2, 0.25) is 5.82 Å². The number of aromatic hydroxyl groups is 1. The maximum atomic E-state index is 10.2. The first-order valence-electron chi connectivity index (χ1n) is 11.4. The molecule has 5 rings (SSSR count). The standard InChI is InChI=1S/C25H28N8O/c1-31(2)13-5-8-23-27-12-11-24(28-23)33-17-9-10-18(33)16-32(15-17)21-14-20(29-30-25(21)26)19-6-3-4-7-22(19)34/h3-4,6-7,11-12,14,17-18,34H,9-10,13,15-16H2,1-2H3,(H2,26,30). The third kappa shape index (κ3) is 4.32.